The summed E-state index contributed by atoms with van der Waals surface area (Å²) in [4.78, 5) is 0. The molecule has 1 radical (unpaired) electrons. The largest absolute Gasteiger partial charge is 0.0885 e. The van der Waals surface area contributed by atoms with Crippen LogP contribution in [0.2, 0.25) is 0 Å². The van der Waals surface area contributed by atoms with Crippen molar-refractivity contribution in [1.29, 1.82) is 0 Å². The number of hydrogen-bond donors (Lipinski definition) is 0. The Morgan fingerprint density at radius 2 is 1.11 bits per heavy atom. The van der Waals surface area contributed by atoms with E-state index in [9.17, 15) is 0 Å². The highest BCUT2D eigenvalue weighted by Gasteiger charge is 1.88. The fraction of sp³-hybridized carbons (Fsp3) is 0.722. The van der Waals surface area contributed by atoms with Gasteiger partial charge in [-0.05, 0) is 38.5 Å². The van der Waals surface area contributed by atoms with Crippen molar-refractivity contribution in [2.75, 3.05) is 0 Å². The van der Waals surface area contributed by atoms with E-state index in [2.05, 4.69) is 38.2 Å². The van der Waals surface area contributed by atoms with Crippen LogP contribution >= 0.6 is 0 Å². The van der Waals surface area contributed by atoms with Crippen LogP contribution in [0.1, 0.15) is 84.0 Å². The number of hydrogen-bond acceptors (Lipinski definition) is 0. The van der Waals surface area contributed by atoms with E-state index in [4.69, 9.17) is 0 Å². The molecule has 0 nitrogen and oxygen atoms in total. The molecule has 0 aromatic heterocycles. The lowest BCUT2D eigenvalue weighted by molar-refractivity contribution is 0.621. The third-order valence-corrected chi connectivity index (χ3v) is 3.15. The average molecular weight is 249 g/mol. The lowest BCUT2D eigenvalue weighted by Gasteiger charge is -1.97. The van der Waals surface area contributed by atoms with E-state index in [0.717, 1.165) is 6.42 Å². The molecule has 0 heterocycles. The molecule has 18 heavy (non-hydrogen) atoms. The van der Waals surface area contributed by atoms with Crippen LogP contribution in [-0.2, 0) is 0 Å². The van der Waals surface area contributed by atoms with Gasteiger partial charge < -0.3 is 0 Å². The quantitative estimate of drug-likeness (QED) is 0.254. The molecule has 0 aromatic rings. The fourth-order valence-corrected chi connectivity index (χ4v) is 1.96. The van der Waals surface area contributed by atoms with Crippen molar-refractivity contribution in [3.8, 4) is 0 Å². The lowest BCUT2D eigenvalue weighted by atomic mass is 10.1. The van der Waals surface area contributed by atoms with Crippen LogP contribution in [0.15, 0.2) is 24.3 Å². The minimum Gasteiger partial charge on any atom is -0.0885 e. The monoisotopic (exact) mass is 249 g/mol. The summed E-state index contributed by atoms with van der Waals surface area (Å²) < 4.78 is 0. The SMILES string of the molecule is [CH2]CCCCCCCC=CCCCC=CCCC. The van der Waals surface area contributed by atoms with Crippen LogP contribution in [0, 0.1) is 6.92 Å². The molecule has 0 bridgehead atoms. The molecule has 0 N–H and O–H groups in total. The van der Waals surface area contributed by atoms with Gasteiger partial charge in [0.05, 0.1) is 0 Å². The first-order valence-corrected chi connectivity index (χ1v) is 8.01. The lowest BCUT2D eigenvalue weighted by Crippen LogP contribution is -1.77. The number of unbranched alkanes of at least 4 members (excludes halogenated alkanes) is 9. The van der Waals surface area contributed by atoms with E-state index in [1.807, 2.05) is 0 Å². The van der Waals surface area contributed by atoms with Gasteiger partial charge in [0.2, 0.25) is 0 Å². The van der Waals surface area contributed by atoms with E-state index in [0.29, 0.717) is 0 Å². The standard InChI is InChI=1S/C18H33/c1-3-5-7-9-11-13-15-17-18-16-14-12-10-8-6-4-2/h8,10,17-18H,1,3-7,9,11-16H2,2H3. The Bertz CT molecular complexity index is 188. The van der Waals surface area contributed by atoms with Crippen molar-refractivity contribution >= 4 is 0 Å². The average Bonchev–Trinajstić information content (AvgIpc) is 2.39. The van der Waals surface area contributed by atoms with Crippen LogP contribution in [0.3, 0.4) is 0 Å². The minimum atomic E-state index is 1.10. The first kappa shape index (κ1) is 17.5. The molecule has 105 valence electrons. The summed E-state index contributed by atoms with van der Waals surface area (Å²) in [7, 11) is 0. The molecule has 0 saturated heterocycles. The Balaban J connectivity index is 3.09. The van der Waals surface area contributed by atoms with Gasteiger partial charge in [-0.3, -0.25) is 0 Å². The molecule has 0 unspecified atom stereocenters. The summed E-state index contributed by atoms with van der Waals surface area (Å²) in [5.74, 6) is 0. The molecule has 0 aliphatic rings. The Labute approximate surface area is 116 Å². The molecule has 0 amide bonds. The highest BCUT2D eigenvalue weighted by atomic mass is 13.9. The topological polar surface area (TPSA) is 0 Å². The predicted molar refractivity (Wildman–Crippen MR) is 84.7 cm³/mol. The van der Waals surface area contributed by atoms with E-state index >= 15 is 0 Å². The zero-order chi connectivity index (χ0) is 13.3. The second-order valence-corrected chi connectivity index (χ2v) is 5.07. The van der Waals surface area contributed by atoms with Gasteiger partial charge in [0, 0.05) is 0 Å². The predicted octanol–water partition coefficient (Wildman–Crippen LogP) is 6.63. The molecule has 0 aromatic carbocycles. The summed E-state index contributed by atoms with van der Waals surface area (Å²) in [6, 6.07) is 0. The molecule has 0 rings (SSSR count). The second kappa shape index (κ2) is 16.5. The van der Waals surface area contributed by atoms with Gasteiger partial charge in [0.15, 0.2) is 0 Å². The summed E-state index contributed by atoms with van der Waals surface area (Å²) in [5.41, 5.74) is 0. The minimum absolute atomic E-state index is 1.10. The maximum atomic E-state index is 3.87. The Hall–Kier alpha value is -0.520. The number of allylic oxidation sites excluding steroid dienone is 4. The molecule has 0 atom stereocenters. The second-order valence-electron chi connectivity index (χ2n) is 5.07. The smallest absolute Gasteiger partial charge is 0.0348 e. The van der Waals surface area contributed by atoms with E-state index in [-0.39, 0.29) is 0 Å². The molecule has 0 spiro atoms. The Morgan fingerprint density at radius 1 is 0.611 bits per heavy atom. The van der Waals surface area contributed by atoms with E-state index < -0.39 is 0 Å². The van der Waals surface area contributed by atoms with Crippen molar-refractivity contribution in [2.45, 2.75) is 84.0 Å². The number of rotatable bonds is 13. The molecule has 0 fully saturated rings. The molecule has 0 aliphatic carbocycles. The first-order valence-electron chi connectivity index (χ1n) is 8.01. The van der Waals surface area contributed by atoms with Crippen molar-refractivity contribution in [3.63, 3.8) is 0 Å². The zero-order valence-electron chi connectivity index (χ0n) is 12.5. The summed E-state index contributed by atoms with van der Waals surface area (Å²) in [5, 5.41) is 0. The Morgan fingerprint density at radius 3 is 1.72 bits per heavy atom. The molecule has 0 heteroatoms. The van der Waals surface area contributed by atoms with Gasteiger partial charge in [-0.1, -0.05) is 76.7 Å². The fourth-order valence-electron chi connectivity index (χ4n) is 1.96. The van der Waals surface area contributed by atoms with Crippen molar-refractivity contribution < 1.29 is 0 Å². The van der Waals surface area contributed by atoms with Crippen molar-refractivity contribution in [2.24, 2.45) is 0 Å². The van der Waals surface area contributed by atoms with Gasteiger partial charge in [-0.2, -0.15) is 0 Å². The van der Waals surface area contributed by atoms with Gasteiger partial charge in [-0.25, -0.2) is 0 Å². The van der Waals surface area contributed by atoms with Crippen LogP contribution in [-0.4, -0.2) is 0 Å². The zero-order valence-corrected chi connectivity index (χ0v) is 12.5. The molecule has 0 saturated carbocycles. The van der Waals surface area contributed by atoms with E-state index in [1.165, 1.54) is 70.6 Å². The van der Waals surface area contributed by atoms with Crippen LogP contribution in [0.5, 0.6) is 0 Å². The maximum Gasteiger partial charge on any atom is -0.0348 e. The summed E-state index contributed by atoms with van der Waals surface area (Å²) in [6.45, 7) is 6.10. The highest BCUT2D eigenvalue weighted by molar-refractivity contribution is 4.85. The first-order chi connectivity index (χ1) is 8.91. The van der Waals surface area contributed by atoms with Crippen LogP contribution < -0.4 is 0 Å². The van der Waals surface area contributed by atoms with Gasteiger partial charge in [0.25, 0.3) is 0 Å². The molecular formula is C18H33. The molecule has 0 aliphatic heterocycles. The van der Waals surface area contributed by atoms with Crippen LogP contribution in [0.25, 0.3) is 0 Å². The molecular weight excluding hydrogens is 216 g/mol. The van der Waals surface area contributed by atoms with Crippen molar-refractivity contribution in [3.05, 3.63) is 31.2 Å². The third kappa shape index (κ3) is 15.5. The van der Waals surface area contributed by atoms with Gasteiger partial charge in [0.1, 0.15) is 0 Å². The normalized spacial score (nSPS) is 11.9. The van der Waals surface area contributed by atoms with Crippen molar-refractivity contribution in [1.82, 2.24) is 0 Å². The summed E-state index contributed by atoms with van der Waals surface area (Å²) >= 11 is 0. The van der Waals surface area contributed by atoms with Gasteiger partial charge in [-0.15, -0.1) is 0 Å². The van der Waals surface area contributed by atoms with E-state index in [1.54, 1.807) is 0 Å². The summed E-state index contributed by atoms with van der Waals surface area (Å²) in [6.07, 6.45) is 24.9. The maximum absolute atomic E-state index is 3.87. The van der Waals surface area contributed by atoms with Gasteiger partial charge >= 0.3 is 0 Å². The third-order valence-electron chi connectivity index (χ3n) is 3.15. The highest BCUT2D eigenvalue weighted by Crippen LogP contribution is 2.07. The van der Waals surface area contributed by atoms with Crippen LogP contribution in [0.4, 0.5) is 0 Å². The Kier molecular flexibility index (Phi) is 16.0.